The lowest BCUT2D eigenvalue weighted by Gasteiger charge is -2.34. The van der Waals surface area contributed by atoms with E-state index in [1.807, 2.05) is 33.7 Å². The summed E-state index contributed by atoms with van der Waals surface area (Å²) in [6.07, 6.45) is 4.09. The van der Waals surface area contributed by atoms with E-state index in [0.29, 0.717) is 19.7 Å². The molecule has 0 unspecified atom stereocenters. The Labute approximate surface area is 166 Å². The lowest BCUT2D eigenvalue weighted by atomic mass is 10.3. The van der Waals surface area contributed by atoms with Crippen molar-refractivity contribution >= 4 is 36.4 Å². The van der Waals surface area contributed by atoms with E-state index in [0.717, 1.165) is 44.1 Å². The Bertz CT molecular complexity index is 641. The number of halogens is 2. The highest BCUT2D eigenvalue weighted by molar-refractivity contribution is 5.85. The average Bonchev–Trinajstić information content (AvgIpc) is 3.01. The second-order valence-electron chi connectivity index (χ2n) is 6.02. The van der Waals surface area contributed by atoms with Gasteiger partial charge >= 0.3 is 0 Å². The van der Waals surface area contributed by atoms with Crippen molar-refractivity contribution in [2.75, 3.05) is 53.0 Å². The lowest BCUT2D eigenvalue weighted by Crippen LogP contribution is -2.50. The molecule has 0 bridgehead atoms. The first-order valence-electron chi connectivity index (χ1n) is 8.38. The monoisotopic (exact) mass is 403 g/mol. The van der Waals surface area contributed by atoms with Gasteiger partial charge in [-0.1, -0.05) is 6.07 Å². The van der Waals surface area contributed by atoms with Crippen molar-refractivity contribution in [1.29, 1.82) is 0 Å². The van der Waals surface area contributed by atoms with Gasteiger partial charge in [-0.3, -0.25) is 9.69 Å². The number of imidazole rings is 1. The molecule has 0 aliphatic carbocycles. The fourth-order valence-corrected chi connectivity index (χ4v) is 2.93. The van der Waals surface area contributed by atoms with Crippen LogP contribution in [0.1, 0.15) is 5.69 Å². The van der Waals surface area contributed by atoms with Crippen molar-refractivity contribution in [1.82, 2.24) is 24.5 Å². The van der Waals surface area contributed by atoms with Gasteiger partial charge < -0.3 is 19.4 Å². The molecule has 3 rings (SSSR count). The van der Waals surface area contributed by atoms with Gasteiger partial charge in [-0.25, -0.2) is 4.98 Å². The molecule has 1 fully saturated rings. The molecule has 2 aromatic heterocycles. The van der Waals surface area contributed by atoms with E-state index >= 15 is 0 Å². The molecule has 1 saturated heterocycles. The smallest absolute Gasteiger partial charge is 0.236 e. The van der Waals surface area contributed by atoms with Gasteiger partial charge in [-0.15, -0.1) is 24.8 Å². The summed E-state index contributed by atoms with van der Waals surface area (Å²) in [7, 11) is 1.66. The minimum atomic E-state index is 0. The Kier molecular flexibility index (Phi) is 9.90. The van der Waals surface area contributed by atoms with Crippen LogP contribution in [0.4, 0.5) is 0 Å². The molecule has 26 heavy (non-hydrogen) atoms. The van der Waals surface area contributed by atoms with Gasteiger partial charge in [-0.05, 0) is 12.1 Å². The molecule has 1 aliphatic rings. The summed E-state index contributed by atoms with van der Waals surface area (Å²) in [6, 6.07) is 6.01. The van der Waals surface area contributed by atoms with Crippen LogP contribution in [0.3, 0.4) is 0 Å². The Hall–Kier alpha value is -1.38. The molecule has 7 nitrogen and oxygen atoms in total. The van der Waals surface area contributed by atoms with E-state index in [9.17, 15) is 4.79 Å². The molecule has 0 spiro atoms. The number of carbonyl (C=O) groups excluding carboxylic acids is 1. The molecule has 0 atom stereocenters. The highest BCUT2D eigenvalue weighted by atomic mass is 35.5. The molecule has 1 amide bonds. The van der Waals surface area contributed by atoms with Crippen LogP contribution in [0, 0.1) is 0 Å². The number of hydrogen-bond donors (Lipinski definition) is 1. The molecule has 9 heteroatoms. The van der Waals surface area contributed by atoms with Crippen LogP contribution in [0.25, 0.3) is 5.65 Å². The summed E-state index contributed by atoms with van der Waals surface area (Å²) in [5.74, 6) is 0.165. The lowest BCUT2D eigenvalue weighted by molar-refractivity contribution is -0.132. The number of fused-ring (bicyclic) bond motifs is 1. The van der Waals surface area contributed by atoms with Crippen molar-refractivity contribution in [2.45, 2.75) is 6.54 Å². The molecule has 1 aliphatic heterocycles. The number of rotatable bonds is 7. The number of pyridine rings is 1. The average molecular weight is 404 g/mol. The minimum Gasteiger partial charge on any atom is -0.383 e. The normalized spacial score (nSPS) is 14.7. The van der Waals surface area contributed by atoms with E-state index < -0.39 is 0 Å². The third kappa shape index (κ3) is 6.10. The zero-order chi connectivity index (χ0) is 16.8. The van der Waals surface area contributed by atoms with E-state index in [1.165, 1.54) is 0 Å². The van der Waals surface area contributed by atoms with E-state index in [-0.39, 0.29) is 30.7 Å². The fourth-order valence-electron chi connectivity index (χ4n) is 2.93. The summed E-state index contributed by atoms with van der Waals surface area (Å²) in [5, 5.41) is 3.11. The highest BCUT2D eigenvalue weighted by Gasteiger charge is 2.21. The van der Waals surface area contributed by atoms with Gasteiger partial charge in [0, 0.05) is 58.8 Å². The molecule has 2 aromatic rings. The number of nitrogens with one attached hydrogen (secondary N) is 1. The number of hydrogen-bond acceptors (Lipinski definition) is 5. The molecule has 146 valence electrons. The summed E-state index contributed by atoms with van der Waals surface area (Å²) in [4.78, 5) is 21.1. The van der Waals surface area contributed by atoms with E-state index in [4.69, 9.17) is 4.74 Å². The predicted octanol–water partition coefficient (Wildman–Crippen LogP) is 1.06. The summed E-state index contributed by atoms with van der Waals surface area (Å²) in [6.45, 7) is 5.87. The van der Waals surface area contributed by atoms with Crippen LogP contribution in [-0.4, -0.2) is 78.1 Å². The van der Waals surface area contributed by atoms with Crippen LogP contribution in [0.5, 0.6) is 0 Å². The number of nitrogens with zero attached hydrogens (tertiary/aromatic N) is 4. The largest absolute Gasteiger partial charge is 0.383 e. The van der Waals surface area contributed by atoms with Crippen LogP contribution in [-0.2, 0) is 16.1 Å². The number of amides is 1. The minimum absolute atomic E-state index is 0. The zero-order valence-electron chi connectivity index (χ0n) is 15.0. The van der Waals surface area contributed by atoms with Gasteiger partial charge in [0.2, 0.25) is 5.91 Å². The molecule has 1 N–H and O–H groups in total. The SMILES string of the molecule is COCCNCC(=O)N1CCN(Cc2cn3ccccc3n2)CC1.Cl.Cl. The summed E-state index contributed by atoms with van der Waals surface area (Å²) >= 11 is 0. The number of methoxy groups -OCH3 is 1. The Morgan fingerprint density at radius 1 is 1.23 bits per heavy atom. The number of piperazine rings is 1. The molecule has 0 saturated carbocycles. The van der Waals surface area contributed by atoms with Crippen LogP contribution in [0.2, 0.25) is 0 Å². The summed E-state index contributed by atoms with van der Waals surface area (Å²) in [5.41, 5.74) is 2.05. The van der Waals surface area contributed by atoms with E-state index in [1.54, 1.807) is 7.11 Å². The number of aromatic nitrogens is 2. The second-order valence-corrected chi connectivity index (χ2v) is 6.02. The van der Waals surface area contributed by atoms with Crippen molar-refractivity contribution in [2.24, 2.45) is 0 Å². The van der Waals surface area contributed by atoms with Gasteiger partial charge in [0.25, 0.3) is 0 Å². The second kappa shape index (κ2) is 11.4. The topological polar surface area (TPSA) is 62.1 Å². The van der Waals surface area contributed by atoms with Gasteiger partial charge in [-0.2, -0.15) is 0 Å². The van der Waals surface area contributed by atoms with Crippen molar-refractivity contribution < 1.29 is 9.53 Å². The maximum absolute atomic E-state index is 12.1. The Balaban J connectivity index is 0.00000169. The third-order valence-corrected chi connectivity index (χ3v) is 4.28. The first-order valence-corrected chi connectivity index (χ1v) is 8.38. The standard InChI is InChI=1S/C17H25N5O2.2ClH/c1-24-11-5-18-12-17(23)21-9-7-20(8-10-21)13-15-14-22-6-3-2-4-16(22)19-15;;/h2-4,6,14,18H,5,7-13H2,1H3;2*1H. The number of carbonyl (C=O) groups is 1. The summed E-state index contributed by atoms with van der Waals surface area (Å²) < 4.78 is 7.00. The van der Waals surface area contributed by atoms with Crippen LogP contribution in [0.15, 0.2) is 30.6 Å². The molecule has 0 aromatic carbocycles. The predicted molar refractivity (Wildman–Crippen MR) is 106 cm³/mol. The molecule has 0 radical (unpaired) electrons. The first-order chi connectivity index (χ1) is 11.8. The maximum atomic E-state index is 12.1. The Morgan fingerprint density at radius 3 is 2.69 bits per heavy atom. The number of ether oxygens (including phenoxy) is 1. The highest BCUT2D eigenvalue weighted by Crippen LogP contribution is 2.10. The van der Waals surface area contributed by atoms with Crippen molar-refractivity contribution in [3.8, 4) is 0 Å². The molecular weight excluding hydrogens is 377 g/mol. The van der Waals surface area contributed by atoms with Crippen molar-refractivity contribution in [3.63, 3.8) is 0 Å². The Morgan fingerprint density at radius 2 is 2.00 bits per heavy atom. The van der Waals surface area contributed by atoms with Gasteiger partial charge in [0.05, 0.1) is 18.8 Å². The zero-order valence-corrected chi connectivity index (χ0v) is 16.6. The van der Waals surface area contributed by atoms with E-state index in [2.05, 4.69) is 21.4 Å². The third-order valence-electron chi connectivity index (χ3n) is 4.28. The van der Waals surface area contributed by atoms with Gasteiger partial charge in [0.15, 0.2) is 0 Å². The van der Waals surface area contributed by atoms with Gasteiger partial charge in [0.1, 0.15) is 5.65 Å². The maximum Gasteiger partial charge on any atom is 0.236 e. The van der Waals surface area contributed by atoms with Crippen LogP contribution >= 0.6 is 24.8 Å². The molecular formula is C17H27Cl2N5O2. The quantitative estimate of drug-likeness (QED) is 0.700. The van der Waals surface area contributed by atoms with Crippen LogP contribution < -0.4 is 5.32 Å². The first kappa shape index (κ1) is 22.7. The van der Waals surface area contributed by atoms with Crippen molar-refractivity contribution in [3.05, 3.63) is 36.3 Å². The molecule has 3 heterocycles. The fraction of sp³-hybridized carbons (Fsp3) is 0.529.